The Morgan fingerprint density at radius 3 is 2.55 bits per heavy atom. The predicted octanol–water partition coefficient (Wildman–Crippen LogP) is 2.17. The topological polar surface area (TPSA) is 117 Å². The van der Waals surface area contributed by atoms with E-state index in [0.717, 1.165) is 25.7 Å². The Morgan fingerprint density at radius 1 is 1.06 bits per heavy atom. The standard InChI is InChI=1S/C23H25N3O6S/c27-21-11-10-19(22(28)24-21)25-14-18-17(23(25)29)8-3-9-20(18)33(30,31)26(15-5-1-2-6-15)13-16-7-4-12-32-16/h3-4,7-9,12,15,19H,1-2,5-6,10-11,13-14H2,(H,24,27,28). The van der Waals surface area contributed by atoms with Gasteiger partial charge in [0, 0.05) is 30.1 Å². The molecular weight excluding hydrogens is 446 g/mol. The first kappa shape index (κ1) is 21.8. The van der Waals surface area contributed by atoms with Crippen LogP contribution in [0.1, 0.15) is 60.2 Å². The lowest BCUT2D eigenvalue weighted by Gasteiger charge is -2.30. The van der Waals surface area contributed by atoms with E-state index in [1.807, 2.05) is 0 Å². The van der Waals surface area contributed by atoms with E-state index in [4.69, 9.17) is 4.42 Å². The number of benzene rings is 1. The quantitative estimate of drug-likeness (QED) is 0.646. The number of nitrogens with zero attached hydrogens (tertiary/aromatic N) is 2. The molecule has 1 saturated carbocycles. The second-order valence-corrected chi connectivity index (χ2v) is 10.6. The van der Waals surface area contributed by atoms with E-state index in [9.17, 15) is 22.8 Å². The molecule has 5 rings (SSSR count). The molecule has 9 nitrogen and oxygen atoms in total. The molecule has 1 N–H and O–H groups in total. The molecule has 1 atom stereocenters. The zero-order valence-corrected chi connectivity index (χ0v) is 18.8. The number of fused-ring (bicyclic) bond motifs is 1. The van der Waals surface area contributed by atoms with E-state index in [2.05, 4.69) is 5.32 Å². The number of furan rings is 1. The highest BCUT2D eigenvalue weighted by atomic mass is 32.2. The lowest BCUT2D eigenvalue weighted by molar-refractivity contribution is -0.136. The number of piperidine rings is 1. The Balaban J connectivity index is 1.50. The third kappa shape index (κ3) is 3.87. The van der Waals surface area contributed by atoms with Gasteiger partial charge in [-0.05, 0) is 43.5 Å². The predicted molar refractivity (Wildman–Crippen MR) is 116 cm³/mol. The smallest absolute Gasteiger partial charge is 0.255 e. The maximum absolute atomic E-state index is 13.9. The average Bonchev–Trinajstić information content (AvgIpc) is 3.54. The molecule has 3 heterocycles. The molecule has 2 aromatic rings. The van der Waals surface area contributed by atoms with Crippen molar-refractivity contribution in [3.05, 3.63) is 53.5 Å². The molecule has 174 valence electrons. The van der Waals surface area contributed by atoms with Crippen molar-refractivity contribution >= 4 is 27.7 Å². The maximum Gasteiger partial charge on any atom is 0.255 e. The molecule has 1 saturated heterocycles. The molecule has 3 amide bonds. The van der Waals surface area contributed by atoms with Crippen LogP contribution in [0, 0.1) is 0 Å². The summed E-state index contributed by atoms with van der Waals surface area (Å²) in [7, 11) is -3.95. The normalized spacial score (nSPS) is 21.7. The Bertz CT molecular complexity index is 1200. The number of amides is 3. The number of sulfonamides is 1. The summed E-state index contributed by atoms with van der Waals surface area (Å²) < 4.78 is 34.8. The third-order valence-corrected chi connectivity index (χ3v) is 8.73. The van der Waals surface area contributed by atoms with Gasteiger partial charge in [-0.25, -0.2) is 8.42 Å². The van der Waals surface area contributed by atoms with E-state index < -0.39 is 27.9 Å². The molecule has 1 aliphatic carbocycles. The summed E-state index contributed by atoms with van der Waals surface area (Å²) in [6.45, 7) is 0.129. The third-order valence-electron chi connectivity index (χ3n) is 6.75. The molecule has 3 aliphatic rings. The number of hydrogen-bond donors (Lipinski definition) is 1. The molecule has 1 aromatic carbocycles. The van der Waals surface area contributed by atoms with Gasteiger partial charge in [0.1, 0.15) is 11.8 Å². The molecule has 33 heavy (non-hydrogen) atoms. The number of imide groups is 1. The lowest BCUT2D eigenvalue weighted by Crippen LogP contribution is -2.52. The van der Waals surface area contributed by atoms with Gasteiger partial charge < -0.3 is 9.32 Å². The van der Waals surface area contributed by atoms with Crippen LogP contribution in [0.4, 0.5) is 0 Å². The van der Waals surface area contributed by atoms with Crippen molar-refractivity contribution in [2.45, 2.75) is 68.6 Å². The minimum absolute atomic E-state index is 0.00903. The first-order valence-electron chi connectivity index (χ1n) is 11.2. The summed E-state index contributed by atoms with van der Waals surface area (Å²) in [6, 6.07) is 7.23. The fourth-order valence-corrected chi connectivity index (χ4v) is 6.97. The average molecular weight is 472 g/mol. The first-order chi connectivity index (χ1) is 15.9. The van der Waals surface area contributed by atoms with E-state index in [1.54, 1.807) is 24.3 Å². The molecule has 1 aromatic heterocycles. The Morgan fingerprint density at radius 2 is 1.85 bits per heavy atom. The molecule has 0 spiro atoms. The van der Waals surface area contributed by atoms with Crippen molar-refractivity contribution in [1.82, 2.24) is 14.5 Å². The fraction of sp³-hybridized carbons (Fsp3) is 0.435. The van der Waals surface area contributed by atoms with Crippen molar-refractivity contribution in [3.63, 3.8) is 0 Å². The van der Waals surface area contributed by atoms with Crippen molar-refractivity contribution in [3.8, 4) is 0 Å². The Kier molecular flexibility index (Phi) is 5.57. The number of nitrogens with one attached hydrogen (secondary N) is 1. The van der Waals surface area contributed by atoms with E-state index >= 15 is 0 Å². The summed E-state index contributed by atoms with van der Waals surface area (Å²) >= 11 is 0. The summed E-state index contributed by atoms with van der Waals surface area (Å²) in [5.41, 5.74) is 0.680. The molecule has 0 bridgehead atoms. The van der Waals surface area contributed by atoms with Crippen molar-refractivity contribution in [2.75, 3.05) is 0 Å². The largest absolute Gasteiger partial charge is 0.468 e. The van der Waals surface area contributed by atoms with E-state index in [0.29, 0.717) is 11.3 Å². The summed E-state index contributed by atoms with van der Waals surface area (Å²) in [5, 5.41) is 2.27. The van der Waals surface area contributed by atoms with Crippen molar-refractivity contribution in [2.24, 2.45) is 0 Å². The van der Waals surface area contributed by atoms with E-state index in [1.165, 1.54) is 21.5 Å². The number of rotatable bonds is 6. The molecule has 2 fully saturated rings. The van der Waals surface area contributed by atoms with Gasteiger partial charge in [-0.1, -0.05) is 18.9 Å². The molecule has 10 heteroatoms. The summed E-state index contributed by atoms with van der Waals surface area (Å²) in [5.74, 6) is -0.731. The van der Waals surface area contributed by atoms with Crippen LogP contribution >= 0.6 is 0 Å². The zero-order valence-electron chi connectivity index (χ0n) is 18.0. The minimum Gasteiger partial charge on any atom is -0.468 e. The van der Waals surface area contributed by atoms with Crippen molar-refractivity contribution < 1.29 is 27.2 Å². The SMILES string of the molecule is O=C1CCC(N2Cc3c(cccc3S(=O)(=O)N(Cc3ccco3)C3CCCC3)C2=O)C(=O)N1. The number of carbonyl (C=O) groups is 3. The minimum atomic E-state index is -3.95. The van der Waals surface area contributed by atoms with Crippen LogP contribution < -0.4 is 5.32 Å². The molecule has 2 aliphatic heterocycles. The van der Waals surface area contributed by atoms with Gasteiger partial charge in [0.2, 0.25) is 21.8 Å². The van der Waals surface area contributed by atoms with Gasteiger partial charge >= 0.3 is 0 Å². The van der Waals surface area contributed by atoms with Gasteiger partial charge in [0.25, 0.3) is 5.91 Å². The number of carbonyl (C=O) groups excluding carboxylic acids is 3. The highest BCUT2D eigenvalue weighted by Crippen LogP contribution is 2.36. The lowest BCUT2D eigenvalue weighted by atomic mass is 10.0. The van der Waals surface area contributed by atoms with Crippen molar-refractivity contribution in [1.29, 1.82) is 0 Å². The Labute approximate surface area is 191 Å². The van der Waals surface area contributed by atoms with Gasteiger partial charge in [-0.15, -0.1) is 0 Å². The van der Waals surface area contributed by atoms with Gasteiger partial charge in [-0.2, -0.15) is 4.31 Å². The van der Waals surface area contributed by atoms with Crippen LogP contribution in [0.5, 0.6) is 0 Å². The van der Waals surface area contributed by atoms with Gasteiger partial charge in [0.15, 0.2) is 0 Å². The zero-order chi connectivity index (χ0) is 23.2. The molecule has 1 unspecified atom stereocenters. The van der Waals surface area contributed by atoms with Gasteiger partial charge in [0.05, 0.1) is 17.7 Å². The van der Waals surface area contributed by atoms with Crippen LogP contribution in [-0.2, 0) is 32.7 Å². The fourth-order valence-electron chi connectivity index (χ4n) is 5.08. The second kappa shape index (κ2) is 8.42. The Hall–Kier alpha value is -2.98. The molecule has 0 radical (unpaired) electrons. The van der Waals surface area contributed by atoms with Crippen LogP contribution in [0.25, 0.3) is 0 Å². The first-order valence-corrected chi connectivity index (χ1v) is 12.6. The highest BCUT2D eigenvalue weighted by Gasteiger charge is 2.43. The van der Waals surface area contributed by atoms with E-state index in [-0.39, 0.29) is 48.3 Å². The maximum atomic E-state index is 13.9. The van der Waals surface area contributed by atoms with Gasteiger partial charge in [-0.3, -0.25) is 19.7 Å². The van der Waals surface area contributed by atoms with Crippen LogP contribution in [0.3, 0.4) is 0 Å². The highest BCUT2D eigenvalue weighted by molar-refractivity contribution is 7.89. The monoisotopic (exact) mass is 471 g/mol. The number of hydrogen-bond acceptors (Lipinski definition) is 6. The van der Waals surface area contributed by atoms with Crippen LogP contribution in [0.15, 0.2) is 45.9 Å². The summed E-state index contributed by atoms with van der Waals surface area (Å²) in [4.78, 5) is 38.5. The second-order valence-electron chi connectivity index (χ2n) is 8.75. The van der Waals surface area contributed by atoms with Crippen LogP contribution in [0.2, 0.25) is 0 Å². The summed E-state index contributed by atoms with van der Waals surface area (Å²) in [6.07, 6.45) is 5.35. The van der Waals surface area contributed by atoms with Crippen LogP contribution in [-0.4, -0.2) is 47.4 Å². The molecular formula is C23H25N3O6S.